The lowest BCUT2D eigenvalue weighted by molar-refractivity contribution is 0.225. The Kier molecular flexibility index (Phi) is 3.12. The van der Waals surface area contributed by atoms with E-state index in [1.165, 1.54) is 38.5 Å². The highest BCUT2D eigenvalue weighted by Gasteiger charge is 2.37. The number of hydrogen-bond acceptors (Lipinski definition) is 3. The van der Waals surface area contributed by atoms with Crippen LogP contribution in [0.2, 0.25) is 0 Å². The van der Waals surface area contributed by atoms with E-state index in [0.29, 0.717) is 5.41 Å². The van der Waals surface area contributed by atoms with Crippen molar-refractivity contribution in [2.75, 3.05) is 18.0 Å². The average molecular weight is 382 g/mol. The summed E-state index contributed by atoms with van der Waals surface area (Å²) in [5.74, 6) is 1.06. The van der Waals surface area contributed by atoms with E-state index < -0.39 is 0 Å². The van der Waals surface area contributed by atoms with Crippen LogP contribution in [0.4, 0.5) is 5.95 Å². The molecule has 20 heavy (non-hydrogen) atoms. The average Bonchev–Trinajstić information content (AvgIpc) is 3.11. The standard InChI is InChI=1S/C15H19IN4/c16-12-11-18-14(20-10-7-17-13(12)20)19-8-5-15(6-9-19)3-1-2-4-15/h7,10-11H,1-6,8-9H2. The quantitative estimate of drug-likeness (QED) is 0.708. The molecule has 0 radical (unpaired) electrons. The van der Waals surface area contributed by atoms with E-state index in [1.807, 2.05) is 18.6 Å². The molecular weight excluding hydrogens is 363 g/mol. The number of piperidine rings is 1. The minimum Gasteiger partial charge on any atom is -0.342 e. The molecule has 106 valence electrons. The Bertz CT molecular complexity index is 620. The van der Waals surface area contributed by atoms with Crippen molar-refractivity contribution < 1.29 is 0 Å². The summed E-state index contributed by atoms with van der Waals surface area (Å²) in [6.45, 7) is 2.28. The minimum absolute atomic E-state index is 0.660. The molecule has 3 heterocycles. The molecule has 2 aromatic rings. The molecule has 0 amide bonds. The maximum atomic E-state index is 4.66. The van der Waals surface area contributed by atoms with Gasteiger partial charge in [0.1, 0.15) is 0 Å². The fourth-order valence-corrected chi connectivity index (χ4v) is 4.45. The molecule has 1 spiro atoms. The lowest BCUT2D eigenvalue weighted by atomic mass is 9.77. The van der Waals surface area contributed by atoms with Crippen molar-refractivity contribution in [3.05, 3.63) is 22.2 Å². The van der Waals surface area contributed by atoms with Gasteiger partial charge in [-0.2, -0.15) is 0 Å². The first-order valence-corrected chi connectivity index (χ1v) is 8.58. The van der Waals surface area contributed by atoms with Gasteiger partial charge < -0.3 is 4.90 Å². The molecule has 4 nitrogen and oxygen atoms in total. The summed E-state index contributed by atoms with van der Waals surface area (Å²) < 4.78 is 3.25. The molecule has 2 aromatic heterocycles. The van der Waals surface area contributed by atoms with Crippen LogP contribution in [0.1, 0.15) is 38.5 Å². The predicted octanol–water partition coefficient (Wildman–Crippen LogP) is 3.49. The molecule has 1 aliphatic carbocycles. The second kappa shape index (κ2) is 4.86. The number of halogens is 1. The van der Waals surface area contributed by atoms with E-state index in [2.05, 4.69) is 41.9 Å². The van der Waals surface area contributed by atoms with E-state index in [1.54, 1.807) is 0 Å². The van der Waals surface area contributed by atoms with Crippen molar-refractivity contribution in [2.45, 2.75) is 38.5 Å². The summed E-state index contributed by atoms with van der Waals surface area (Å²) in [5, 5.41) is 0. The van der Waals surface area contributed by atoms with Crippen LogP contribution in [-0.2, 0) is 0 Å². The lowest BCUT2D eigenvalue weighted by Crippen LogP contribution is -2.40. The highest BCUT2D eigenvalue weighted by atomic mass is 127. The number of hydrogen-bond donors (Lipinski definition) is 0. The van der Waals surface area contributed by atoms with Gasteiger partial charge in [0.2, 0.25) is 5.95 Å². The van der Waals surface area contributed by atoms with Crippen LogP contribution in [0.15, 0.2) is 18.6 Å². The Balaban J connectivity index is 1.61. The highest BCUT2D eigenvalue weighted by Crippen LogP contribution is 2.46. The summed E-state index contributed by atoms with van der Waals surface area (Å²) in [6.07, 6.45) is 14.3. The minimum atomic E-state index is 0.660. The van der Waals surface area contributed by atoms with Crippen LogP contribution in [0.25, 0.3) is 5.65 Å². The Hall–Kier alpha value is -0.850. The number of imidazole rings is 1. The number of fused-ring (bicyclic) bond motifs is 1. The van der Waals surface area contributed by atoms with Crippen LogP contribution in [0.3, 0.4) is 0 Å². The second-order valence-electron chi connectivity index (χ2n) is 6.22. The molecule has 4 rings (SSSR count). The van der Waals surface area contributed by atoms with Gasteiger partial charge in [-0.15, -0.1) is 0 Å². The zero-order valence-electron chi connectivity index (χ0n) is 11.6. The Morgan fingerprint density at radius 1 is 1.05 bits per heavy atom. The molecule has 1 saturated carbocycles. The van der Waals surface area contributed by atoms with Gasteiger partial charge >= 0.3 is 0 Å². The summed E-state index contributed by atoms with van der Waals surface area (Å²) in [6, 6.07) is 0. The molecule has 1 saturated heterocycles. The third kappa shape index (κ3) is 2.01. The zero-order valence-corrected chi connectivity index (χ0v) is 13.7. The van der Waals surface area contributed by atoms with Gasteiger partial charge in [0.15, 0.2) is 5.65 Å². The van der Waals surface area contributed by atoms with Crippen LogP contribution < -0.4 is 4.90 Å². The summed E-state index contributed by atoms with van der Waals surface area (Å²) in [7, 11) is 0. The molecule has 0 aromatic carbocycles. The van der Waals surface area contributed by atoms with Crippen LogP contribution in [0.5, 0.6) is 0 Å². The molecule has 0 N–H and O–H groups in total. The van der Waals surface area contributed by atoms with E-state index in [0.717, 1.165) is 28.3 Å². The van der Waals surface area contributed by atoms with Crippen LogP contribution in [-0.4, -0.2) is 27.5 Å². The Morgan fingerprint density at radius 2 is 1.80 bits per heavy atom. The molecule has 2 fully saturated rings. The van der Waals surface area contributed by atoms with Crippen molar-refractivity contribution in [3.63, 3.8) is 0 Å². The molecule has 0 unspecified atom stereocenters. The highest BCUT2D eigenvalue weighted by molar-refractivity contribution is 14.1. The van der Waals surface area contributed by atoms with Gasteiger partial charge in [-0.05, 0) is 53.7 Å². The van der Waals surface area contributed by atoms with Gasteiger partial charge in [-0.1, -0.05) is 12.8 Å². The van der Waals surface area contributed by atoms with E-state index >= 15 is 0 Å². The van der Waals surface area contributed by atoms with Gasteiger partial charge in [-0.3, -0.25) is 4.40 Å². The van der Waals surface area contributed by atoms with Crippen molar-refractivity contribution in [2.24, 2.45) is 5.41 Å². The Labute approximate surface area is 132 Å². The number of anilines is 1. The van der Waals surface area contributed by atoms with Crippen molar-refractivity contribution >= 4 is 34.2 Å². The molecule has 2 aliphatic rings. The lowest BCUT2D eigenvalue weighted by Gasteiger charge is -2.39. The first-order chi connectivity index (χ1) is 9.77. The van der Waals surface area contributed by atoms with Crippen molar-refractivity contribution in [1.82, 2.24) is 14.4 Å². The van der Waals surface area contributed by atoms with Gasteiger partial charge in [-0.25, -0.2) is 9.97 Å². The summed E-state index contributed by atoms with van der Waals surface area (Å²) >= 11 is 2.30. The topological polar surface area (TPSA) is 33.4 Å². The fourth-order valence-electron chi connectivity index (χ4n) is 3.92. The second-order valence-corrected chi connectivity index (χ2v) is 7.38. The van der Waals surface area contributed by atoms with E-state index in [-0.39, 0.29) is 0 Å². The van der Waals surface area contributed by atoms with Gasteiger partial charge in [0, 0.05) is 31.7 Å². The maximum absolute atomic E-state index is 4.66. The van der Waals surface area contributed by atoms with Crippen LogP contribution in [0, 0.1) is 8.99 Å². The molecule has 0 atom stereocenters. The van der Waals surface area contributed by atoms with Gasteiger partial charge in [0.25, 0.3) is 0 Å². The third-order valence-corrected chi connectivity index (χ3v) is 5.90. The molecule has 5 heteroatoms. The molecule has 1 aliphatic heterocycles. The predicted molar refractivity (Wildman–Crippen MR) is 88.1 cm³/mol. The maximum Gasteiger partial charge on any atom is 0.211 e. The fraction of sp³-hybridized carbons (Fsp3) is 0.600. The van der Waals surface area contributed by atoms with Crippen molar-refractivity contribution in [3.8, 4) is 0 Å². The number of nitrogens with zero attached hydrogens (tertiary/aromatic N) is 4. The summed E-state index contributed by atoms with van der Waals surface area (Å²) in [4.78, 5) is 11.5. The normalized spacial score (nSPS) is 21.9. The third-order valence-electron chi connectivity index (χ3n) is 5.13. The van der Waals surface area contributed by atoms with E-state index in [4.69, 9.17) is 0 Å². The molecule has 0 bridgehead atoms. The largest absolute Gasteiger partial charge is 0.342 e. The smallest absolute Gasteiger partial charge is 0.211 e. The van der Waals surface area contributed by atoms with E-state index in [9.17, 15) is 0 Å². The number of rotatable bonds is 1. The summed E-state index contributed by atoms with van der Waals surface area (Å²) in [5.41, 5.74) is 1.69. The van der Waals surface area contributed by atoms with Crippen LogP contribution >= 0.6 is 22.6 Å². The zero-order chi connectivity index (χ0) is 13.6. The number of aromatic nitrogens is 3. The SMILES string of the molecule is Ic1cnc(N2CCC3(CCCC3)CC2)n2ccnc12. The van der Waals surface area contributed by atoms with Crippen molar-refractivity contribution in [1.29, 1.82) is 0 Å². The molecular formula is C15H19IN4. The van der Waals surface area contributed by atoms with Gasteiger partial charge in [0.05, 0.1) is 3.57 Å². The monoisotopic (exact) mass is 382 g/mol. The first kappa shape index (κ1) is 12.9. The first-order valence-electron chi connectivity index (χ1n) is 7.50. The Morgan fingerprint density at radius 3 is 2.55 bits per heavy atom.